The van der Waals surface area contributed by atoms with E-state index < -0.39 is 17.6 Å². The third-order valence-corrected chi connectivity index (χ3v) is 5.73. The first kappa shape index (κ1) is 20.9. The molecule has 1 heterocycles. The summed E-state index contributed by atoms with van der Waals surface area (Å²) in [6.45, 7) is 0.658. The van der Waals surface area contributed by atoms with Crippen LogP contribution in [0, 0.1) is 0 Å². The third kappa shape index (κ3) is 4.25. The van der Waals surface area contributed by atoms with E-state index in [0.717, 1.165) is 16.8 Å². The molecule has 0 atom stereocenters. The Hall–Kier alpha value is -1.87. The summed E-state index contributed by atoms with van der Waals surface area (Å²) in [5.41, 5.74) is -0.478. The van der Waals surface area contributed by atoms with Gasteiger partial charge in [0.25, 0.3) is 5.91 Å². The molecule has 0 aliphatic heterocycles. The van der Waals surface area contributed by atoms with Crippen LogP contribution in [-0.4, -0.2) is 24.2 Å². The Morgan fingerprint density at radius 2 is 2.00 bits per heavy atom. The molecule has 3 rings (SSSR count). The van der Waals surface area contributed by atoms with Gasteiger partial charge in [-0.15, -0.1) is 0 Å². The van der Waals surface area contributed by atoms with Crippen molar-refractivity contribution < 1.29 is 22.7 Å². The van der Waals surface area contributed by atoms with Crippen molar-refractivity contribution >= 4 is 50.7 Å². The smallest absolute Gasteiger partial charge is 0.383 e. The average molecular weight is 449 g/mol. The highest BCUT2D eigenvalue weighted by Gasteiger charge is 2.30. The maximum Gasteiger partial charge on any atom is 0.416 e. The molecule has 0 aliphatic carbocycles. The van der Waals surface area contributed by atoms with E-state index in [1.54, 1.807) is 16.7 Å². The largest absolute Gasteiger partial charge is 0.416 e. The van der Waals surface area contributed by atoms with Crippen molar-refractivity contribution in [3.63, 3.8) is 0 Å². The van der Waals surface area contributed by atoms with Crippen LogP contribution in [-0.2, 0) is 17.5 Å². The standard InChI is InChI=1S/C18H13Cl2F3N2O2S/c1-27-8-7-25-15-13(6-5-12(19)14(15)20)28-17(25)24-16(26)10-3-2-4-11(9-10)18(21,22)23/h2-6,9H,7-8H2,1H3. The molecular weight excluding hydrogens is 436 g/mol. The van der Waals surface area contributed by atoms with Crippen molar-refractivity contribution in [3.05, 3.63) is 62.4 Å². The monoisotopic (exact) mass is 448 g/mol. The van der Waals surface area contributed by atoms with Crippen molar-refractivity contribution in [3.8, 4) is 0 Å². The molecule has 0 unspecified atom stereocenters. The van der Waals surface area contributed by atoms with E-state index >= 15 is 0 Å². The Kier molecular flexibility index (Phi) is 6.14. The first-order valence-corrected chi connectivity index (χ1v) is 9.52. The number of alkyl halides is 3. The molecule has 28 heavy (non-hydrogen) atoms. The quantitative estimate of drug-likeness (QED) is 0.534. The molecule has 0 fully saturated rings. The van der Waals surface area contributed by atoms with E-state index in [9.17, 15) is 18.0 Å². The number of benzene rings is 2. The molecule has 10 heteroatoms. The molecule has 0 spiro atoms. The highest BCUT2D eigenvalue weighted by Crippen LogP contribution is 2.32. The summed E-state index contributed by atoms with van der Waals surface area (Å²) in [5, 5.41) is 0.647. The predicted molar refractivity (Wildman–Crippen MR) is 103 cm³/mol. The minimum absolute atomic E-state index is 0.158. The number of fused-ring (bicyclic) bond motifs is 1. The van der Waals surface area contributed by atoms with Crippen LogP contribution < -0.4 is 4.80 Å². The van der Waals surface area contributed by atoms with Crippen LogP contribution in [0.1, 0.15) is 15.9 Å². The van der Waals surface area contributed by atoms with E-state index in [-0.39, 0.29) is 5.56 Å². The Bertz CT molecular complexity index is 1110. The lowest BCUT2D eigenvalue weighted by atomic mass is 10.1. The molecule has 148 valence electrons. The number of hydrogen-bond donors (Lipinski definition) is 0. The zero-order valence-corrected chi connectivity index (χ0v) is 16.7. The first-order chi connectivity index (χ1) is 13.2. The summed E-state index contributed by atoms with van der Waals surface area (Å²) >= 11 is 13.6. The SMILES string of the molecule is COCCn1c(=NC(=O)c2cccc(C(F)(F)F)c2)sc2ccc(Cl)c(Cl)c21. The van der Waals surface area contributed by atoms with E-state index in [4.69, 9.17) is 27.9 Å². The van der Waals surface area contributed by atoms with Gasteiger partial charge in [0.2, 0.25) is 0 Å². The number of nitrogens with zero attached hydrogens (tertiary/aromatic N) is 2. The number of thiazole rings is 1. The number of carbonyl (C=O) groups excluding carboxylic acids is 1. The second-order valence-electron chi connectivity index (χ2n) is 5.73. The molecule has 0 aliphatic rings. The Morgan fingerprint density at radius 1 is 1.25 bits per heavy atom. The highest BCUT2D eigenvalue weighted by molar-refractivity contribution is 7.16. The number of carbonyl (C=O) groups is 1. The number of rotatable bonds is 4. The molecule has 2 aromatic carbocycles. The molecule has 0 saturated heterocycles. The van der Waals surface area contributed by atoms with Gasteiger partial charge in [-0.3, -0.25) is 4.79 Å². The molecular formula is C18H13Cl2F3N2O2S. The van der Waals surface area contributed by atoms with E-state index in [1.807, 2.05) is 0 Å². The van der Waals surface area contributed by atoms with Gasteiger partial charge in [0, 0.05) is 19.2 Å². The Morgan fingerprint density at radius 3 is 2.68 bits per heavy atom. The van der Waals surface area contributed by atoms with Crippen LogP contribution in [0.5, 0.6) is 0 Å². The van der Waals surface area contributed by atoms with Gasteiger partial charge in [0.1, 0.15) is 0 Å². The summed E-state index contributed by atoms with van der Waals surface area (Å²) in [7, 11) is 1.52. The fourth-order valence-electron chi connectivity index (χ4n) is 2.56. The number of hydrogen-bond acceptors (Lipinski definition) is 3. The molecule has 0 N–H and O–H groups in total. The normalized spacial score (nSPS) is 12.7. The second-order valence-corrected chi connectivity index (χ2v) is 7.53. The van der Waals surface area contributed by atoms with Crippen molar-refractivity contribution in [2.24, 2.45) is 4.99 Å². The summed E-state index contributed by atoms with van der Waals surface area (Å²) in [6.07, 6.45) is -4.55. The maximum atomic E-state index is 12.9. The Balaban J connectivity index is 2.13. The molecule has 3 aromatic rings. The summed E-state index contributed by atoms with van der Waals surface area (Å²) in [5.74, 6) is -0.786. The number of amides is 1. The lowest BCUT2D eigenvalue weighted by Gasteiger charge is -2.07. The van der Waals surface area contributed by atoms with Crippen LogP contribution in [0.25, 0.3) is 10.2 Å². The fraction of sp³-hybridized carbons (Fsp3) is 0.222. The Labute approximate surface area is 171 Å². The van der Waals surface area contributed by atoms with Gasteiger partial charge < -0.3 is 9.30 Å². The van der Waals surface area contributed by atoms with Crippen molar-refractivity contribution in [2.45, 2.75) is 12.7 Å². The van der Waals surface area contributed by atoms with Gasteiger partial charge in [-0.05, 0) is 30.3 Å². The first-order valence-electron chi connectivity index (χ1n) is 7.95. The van der Waals surface area contributed by atoms with E-state index in [1.165, 1.54) is 30.6 Å². The molecule has 0 saturated carbocycles. The van der Waals surface area contributed by atoms with Gasteiger partial charge in [0.05, 0.1) is 32.4 Å². The highest BCUT2D eigenvalue weighted by atomic mass is 35.5. The minimum atomic E-state index is -4.55. The van der Waals surface area contributed by atoms with Crippen LogP contribution in [0.4, 0.5) is 13.2 Å². The number of halogens is 5. The molecule has 1 aromatic heterocycles. The fourth-order valence-corrected chi connectivity index (χ4v) is 4.10. The topological polar surface area (TPSA) is 43.6 Å². The van der Waals surface area contributed by atoms with Gasteiger partial charge in [0.15, 0.2) is 4.80 Å². The maximum absolute atomic E-state index is 12.9. The van der Waals surface area contributed by atoms with E-state index in [0.29, 0.717) is 33.5 Å². The van der Waals surface area contributed by atoms with Crippen LogP contribution in [0.2, 0.25) is 10.0 Å². The number of methoxy groups -OCH3 is 1. The minimum Gasteiger partial charge on any atom is -0.383 e. The van der Waals surface area contributed by atoms with Gasteiger partial charge >= 0.3 is 6.18 Å². The number of ether oxygens (including phenoxy) is 1. The lowest BCUT2D eigenvalue weighted by molar-refractivity contribution is -0.137. The van der Waals surface area contributed by atoms with Crippen molar-refractivity contribution in [1.29, 1.82) is 0 Å². The third-order valence-electron chi connectivity index (χ3n) is 3.89. The average Bonchev–Trinajstić information content (AvgIpc) is 3.00. The van der Waals surface area contributed by atoms with Crippen LogP contribution >= 0.6 is 34.5 Å². The summed E-state index contributed by atoms with van der Waals surface area (Å²) < 4.78 is 46.2. The zero-order chi connectivity index (χ0) is 20.5. The lowest BCUT2D eigenvalue weighted by Crippen LogP contribution is -2.19. The molecule has 0 bridgehead atoms. The van der Waals surface area contributed by atoms with Crippen molar-refractivity contribution in [2.75, 3.05) is 13.7 Å². The zero-order valence-electron chi connectivity index (χ0n) is 14.4. The second kappa shape index (κ2) is 8.24. The van der Waals surface area contributed by atoms with Gasteiger partial charge in [-0.25, -0.2) is 0 Å². The van der Waals surface area contributed by atoms with Crippen molar-refractivity contribution in [1.82, 2.24) is 4.57 Å². The van der Waals surface area contributed by atoms with Gasteiger partial charge in [-0.2, -0.15) is 18.2 Å². The van der Waals surface area contributed by atoms with Crippen LogP contribution in [0.15, 0.2) is 41.4 Å². The summed E-state index contributed by atoms with van der Waals surface area (Å²) in [4.78, 5) is 16.8. The molecule has 4 nitrogen and oxygen atoms in total. The molecule has 0 radical (unpaired) electrons. The predicted octanol–water partition coefficient (Wildman–Crippen LogP) is 5.42. The van der Waals surface area contributed by atoms with Crippen LogP contribution in [0.3, 0.4) is 0 Å². The van der Waals surface area contributed by atoms with E-state index in [2.05, 4.69) is 4.99 Å². The molecule has 1 amide bonds. The van der Waals surface area contributed by atoms with Gasteiger partial charge in [-0.1, -0.05) is 40.6 Å². The number of aromatic nitrogens is 1. The summed E-state index contributed by atoms with van der Waals surface area (Å²) in [6, 6.07) is 7.51.